The summed E-state index contributed by atoms with van der Waals surface area (Å²) in [5, 5.41) is 0. The minimum absolute atomic E-state index is 0.275. The van der Waals surface area contributed by atoms with Crippen LogP contribution in [0.1, 0.15) is 22.6 Å². The van der Waals surface area contributed by atoms with Crippen LogP contribution >= 0.6 is 0 Å². The maximum absolute atomic E-state index is 2.32. The van der Waals surface area contributed by atoms with E-state index in [0.29, 0.717) is 0 Å². The van der Waals surface area contributed by atoms with Gasteiger partial charge < -0.3 is 0 Å². The fraction of sp³-hybridized carbons (Fsp3) is 0.0270. The number of hydrogen-bond donors (Lipinski definition) is 0. The minimum Gasteiger partial charge on any atom is -0.0622 e. The topological polar surface area (TPSA) is 0 Å². The molecule has 0 N–H and O–H groups in total. The highest BCUT2D eigenvalue weighted by Crippen LogP contribution is 2.48. The van der Waals surface area contributed by atoms with E-state index in [9.17, 15) is 0 Å². The fourth-order valence-corrected chi connectivity index (χ4v) is 5.77. The molecule has 0 saturated heterocycles. The van der Waals surface area contributed by atoms with Gasteiger partial charge in [-0.05, 0) is 79.4 Å². The van der Waals surface area contributed by atoms with Gasteiger partial charge in [-0.1, -0.05) is 133 Å². The maximum Gasteiger partial charge on any atom is 0.0352 e. The smallest absolute Gasteiger partial charge is 0.0352 e. The lowest BCUT2D eigenvalue weighted by atomic mass is 9.88. The van der Waals surface area contributed by atoms with Crippen LogP contribution < -0.4 is 0 Å². The van der Waals surface area contributed by atoms with Crippen molar-refractivity contribution in [3.8, 4) is 44.5 Å². The van der Waals surface area contributed by atoms with Crippen molar-refractivity contribution >= 4 is 0 Å². The number of hydrogen-bond acceptors (Lipinski definition) is 0. The van der Waals surface area contributed by atoms with Crippen molar-refractivity contribution in [3.63, 3.8) is 0 Å². The summed E-state index contributed by atoms with van der Waals surface area (Å²) in [6, 6.07) is 55.1. The quantitative estimate of drug-likeness (QED) is 0.240. The molecule has 6 aromatic rings. The van der Waals surface area contributed by atoms with E-state index >= 15 is 0 Å². The van der Waals surface area contributed by atoms with E-state index in [4.69, 9.17) is 0 Å². The molecule has 0 heteroatoms. The molecular weight excluding hydrogens is 444 g/mol. The summed E-state index contributed by atoms with van der Waals surface area (Å²) in [4.78, 5) is 0. The second kappa shape index (κ2) is 9.08. The molecule has 1 aliphatic rings. The van der Waals surface area contributed by atoms with Crippen LogP contribution in [-0.2, 0) is 0 Å². The van der Waals surface area contributed by atoms with Crippen molar-refractivity contribution in [2.75, 3.05) is 0 Å². The lowest BCUT2D eigenvalue weighted by Gasteiger charge is -2.16. The van der Waals surface area contributed by atoms with Crippen molar-refractivity contribution in [1.29, 1.82) is 0 Å². The first-order valence-corrected chi connectivity index (χ1v) is 12.9. The third-order valence-corrected chi connectivity index (χ3v) is 7.56. The Balaban J connectivity index is 1.32. The summed E-state index contributed by atoms with van der Waals surface area (Å²) in [5.74, 6) is 0.275. The van der Waals surface area contributed by atoms with E-state index in [1.54, 1.807) is 0 Å². The molecule has 0 nitrogen and oxygen atoms in total. The van der Waals surface area contributed by atoms with Crippen LogP contribution in [-0.4, -0.2) is 0 Å². The van der Waals surface area contributed by atoms with Crippen LogP contribution in [0.25, 0.3) is 44.5 Å². The minimum atomic E-state index is 0.275. The third-order valence-electron chi connectivity index (χ3n) is 7.56. The molecular formula is C37H26. The first-order valence-electron chi connectivity index (χ1n) is 12.9. The first-order chi connectivity index (χ1) is 18.3. The van der Waals surface area contributed by atoms with E-state index in [0.717, 1.165) is 0 Å². The lowest BCUT2D eigenvalue weighted by Crippen LogP contribution is -1.99. The lowest BCUT2D eigenvalue weighted by molar-refractivity contribution is 1.02. The van der Waals surface area contributed by atoms with Gasteiger partial charge in [0.25, 0.3) is 0 Å². The Morgan fingerprint density at radius 3 is 1.14 bits per heavy atom. The third kappa shape index (κ3) is 3.88. The summed E-state index contributed by atoms with van der Waals surface area (Å²) in [7, 11) is 0. The van der Waals surface area contributed by atoms with Gasteiger partial charge in [0.05, 0.1) is 0 Å². The molecule has 37 heavy (non-hydrogen) atoms. The van der Waals surface area contributed by atoms with Gasteiger partial charge in [-0.3, -0.25) is 0 Å². The Morgan fingerprint density at radius 1 is 0.297 bits per heavy atom. The molecule has 1 aliphatic carbocycles. The number of fused-ring (bicyclic) bond motifs is 3. The highest BCUT2D eigenvalue weighted by atomic mass is 14.3. The molecule has 6 aromatic carbocycles. The molecule has 0 unspecified atom stereocenters. The van der Waals surface area contributed by atoms with Gasteiger partial charge in [-0.15, -0.1) is 0 Å². The first kappa shape index (κ1) is 21.6. The molecule has 7 rings (SSSR count). The fourth-order valence-electron chi connectivity index (χ4n) is 5.77. The monoisotopic (exact) mass is 470 g/mol. The molecule has 0 saturated carbocycles. The number of rotatable bonds is 4. The molecule has 0 atom stereocenters. The second-order valence-corrected chi connectivity index (χ2v) is 9.76. The Labute approximate surface area is 218 Å². The Bertz CT molecular complexity index is 1590. The summed E-state index contributed by atoms with van der Waals surface area (Å²) < 4.78 is 0. The molecule has 0 amide bonds. The van der Waals surface area contributed by atoms with Gasteiger partial charge >= 0.3 is 0 Å². The SMILES string of the molecule is c1ccc(-c2cc(-c3ccccc3)cc(-c3ccc(C4c5ccccc5-c5ccccc54)cc3)c2)cc1. The summed E-state index contributed by atoms with van der Waals surface area (Å²) >= 11 is 0. The Kier molecular flexibility index (Phi) is 5.30. The molecule has 0 bridgehead atoms. The van der Waals surface area contributed by atoms with Gasteiger partial charge in [0.2, 0.25) is 0 Å². The molecule has 174 valence electrons. The predicted octanol–water partition coefficient (Wildman–Crippen LogP) is 9.85. The molecule has 0 radical (unpaired) electrons. The van der Waals surface area contributed by atoms with E-state index < -0.39 is 0 Å². The largest absolute Gasteiger partial charge is 0.0622 e. The summed E-state index contributed by atoms with van der Waals surface area (Å²) in [6.07, 6.45) is 0. The summed E-state index contributed by atoms with van der Waals surface area (Å²) in [6.45, 7) is 0. The Morgan fingerprint density at radius 2 is 0.676 bits per heavy atom. The van der Waals surface area contributed by atoms with Crippen LogP contribution in [0.3, 0.4) is 0 Å². The van der Waals surface area contributed by atoms with Crippen LogP contribution in [0.2, 0.25) is 0 Å². The zero-order valence-electron chi connectivity index (χ0n) is 20.5. The molecule has 0 spiro atoms. The van der Waals surface area contributed by atoms with Crippen molar-refractivity contribution in [1.82, 2.24) is 0 Å². The van der Waals surface area contributed by atoms with Crippen LogP contribution in [0.5, 0.6) is 0 Å². The molecule has 0 aliphatic heterocycles. The zero-order valence-corrected chi connectivity index (χ0v) is 20.5. The van der Waals surface area contributed by atoms with E-state index in [2.05, 4.69) is 152 Å². The average molecular weight is 471 g/mol. The zero-order chi connectivity index (χ0) is 24.6. The standard InChI is InChI=1S/C37H26/c1-3-11-26(12-4-1)30-23-31(27-13-5-2-6-14-27)25-32(24-30)28-19-21-29(22-20-28)37-35-17-9-7-15-33(35)34-16-8-10-18-36(34)37/h1-25,37H. The highest BCUT2D eigenvalue weighted by molar-refractivity contribution is 5.83. The van der Waals surface area contributed by atoms with Crippen molar-refractivity contribution in [3.05, 3.63) is 168 Å². The predicted molar refractivity (Wildman–Crippen MR) is 156 cm³/mol. The second-order valence-electron chi connectivity index (χ2n) is 9.76. The van der Waals surface area contributed by atoms with Crippen molar-refractivity contribution in [2.45, 2.75) is 5.92 Å². The van der Waals surface area contributed by atoms with Gasteiger partial charge in [0.15, 0.2) is 0 Å². The molecule has 0 fully saturated rings. The summed E-state index contributed by atoms with van der Waals surface area (Å²) in [5.41, 5.74) is 14.3. The van der Waals surface area contributed by atoms with Gasteiger partial charge in [0, 0.05) is 5.92 Å². The van der Waals surface area contributed by atoms with Crippen molar-refractivity contribution in [2.24, 2.45) is 0 Å². The van der Waals surface area contributed by atoms with Crippen LogP contribution in [0.4, 0.5) is 0 Å². The van der Waals surface area contributed by atoms with E-state index in [1.807, 2.05) is 0 Å². The Hall–Kier alpha value is -4.68. The normalized spacial score (nSPS) is 12.2. The molecule has 0 aromatic heterocycles. The maximum atomic E-state index is 2.32. The van der Waals surface area contributed by atoms with E-state index in [1.165, 1.54) is 61.2 Å². The van der Waals surface area contributed by atoms with Crippen LogP contribution in [0, 0.1) is 0 Å². The van der Waals surface area contributed by atoms with Gasteiger partial charge in [-0.25, -0.2) is 0 Å². The average Bonchev–Trinajstić information content (AvgIpc) is 3.32. The van der Waals surface area contributed by atoms with Gasteiger partial charge in [-0.2, -0.15) is 0 Å². The van der Waals surface area contributed by atoms with Gasteiger partial charge in [0.1, 0.15) is 0 Å². The highest BCUT2D eigenvalue weighted by Gasteiger charge is 2.29. The number of benzene rings is 6. The van der Waals surface area contributed by atoms with E-state index in [-0.39, 0.29) is 5.92 Å². The van der Waals surface area contributed by atoms with Crippen LogP contribution in [0.15, 0.2) is 152 Å². The van der Waals surface area contributed by atoms with Crippen molar-refractivity contribution < 1.29 is 0 Å². The molecule has 0 heterocycles.